The minimum atomic E-state index is -1.39. The normalized spacial score (nSPS) is 13.2. The number of alkyl carbamates (subject to hydrolysis) is 1. The predicted molar refractivity (Wildman–Crippen MR) is 113 cm³/mol. The molecule has 0 bridgehead atoms. The topological polar surface area (TPSA) is 143 Å². The highest BCUT2D eigenvalue weighted by Crippen LogP contribution is 2.20. The first-order valence-electron chi connectivity index (χ1n) is 9.71. The van der Waals surface area contributed by atoms with Crippen LogP contribution in [0.1, 0.15) is 49.6 Å². The van der Waals surface area contributed by atoms with Gasteiger partial charge in [-0.25, -0.2) is 14.2 Å². The van der Waals surface area contributed by atoms with Crippen molar-refractivity contribution in [1.82, 2.24) is 20.6 Å². The third-order valence-electron chi connectivity index (χ3n) is 4.21. The summed E-state index contributed by atoms with van der Waals surface area (Å²) in [5.41, 5.74) is -3.09. The molecule has 11 heteroatoms. The Balaban J connectivity index is 2.32. The molecule has 1 heterocycles. The Labute approximate surface area is 184 Å². The van der Waals surface area contributed by atoms with Gasteiger partial charge in [0.05, 0.1) is 6.61 Å². The van der Waals surface area contributed by atoms with E-state index in [2.05, 4.69) is 20.6 Å². The van der Waals surface area contributed by atoms with E-state index < -0.39 is 46.0 Å². The van der Waals surface area contributed by atoms with Crippen LogP contribution in [0, 0.1) is 5.82 Å². The summed E-state index contributed by atoms with van der Waals surface area (Å²) in [6, 6.07) is 5.43. The summed E-state index contributed by atoms with van der Waals surface area (Å²) in [6.07, 6.45) is -0.796. The largest absolute Gasteiger partial charge is 0.501 e. The summed E-state index contributed by atoms with van der Waals surface area (Å²) in [4.78, 5) is 43.6. The van der Waals surface area contributed by atoms with Crippen molar-refractivity contribution in [3.63, 3.8) is 0 Å². The molecule has 0 saturated carbocycles. The van der Waals surface area contributed by atoms with Crippen LogP contribution >= 0.6 is 0 Å². The van der Waals surface area contributed by atoms with Crippen molar-refractivity contribution in [3.05, 3.63) is 57.5 Å². The second-order valence-corrected chi connectivity index (χ2v) is 8.31. The molecule has 0 spiro atoms. The summed E-state index contributed by atoms with van der Waals surface area (Å²) < 4.78 is 23.4. The van der Waals surface area contributed by atoms with Gasteiger partial charge >= 0.3 is 6.09 Å². The minimum Gasteiger partial charge on any atom is -0.501 e. The van der Waals surface area contributed by atoms with Gasteiger partial charge in [-0.2, -0.15) is 0 Å². The minimum absolute atomic E-state index is 0.00780. The number of hydrogen-bond acceptors (Lipinski definition) is 7. The number of methoxy groups -OCH3 is 1. The molecule has 1 aromatic carbocycles. The Kier molecular flexibility index (Phi) is 7.57. The molecule has 2 aromatic rings. The molecule has 0 aliphatic rings. The smallest absolute Gasteiger partial charge is 0.408 e. The summed E-state index contributed by atoms with van der Waals surface area (Å²) in [5.74, 6) is -2.27. The lowest BCUT2D eigenvalue weighted by Crippen LogP contribution is -2.50. The Bertz CT molecular complexity index is 1030. The van der Waals surface area contributed by atoms with Crippen LogP contribution in [0.25, 0.3) is 0 Å². The molecule has 2 rings (SSSR count). The Morgan fingerprint density at radius 3 is 2.38 bits per heavy atom. The van der Waals surface area contributed by atoms with Crippen molar-refractivity contribution in [1.29, 1.82) is 0 Å². The second kappa shape index (κ2) is 9.77. The van der Waals surface area contributed by atoms with Gasteiger partial charge < -0.3 is 30.2 Å². The molecule has 2 amide bonds. The van der Waals surface area contributed by atoms with Crippen molar-refractivity contribution in [2.45, 2.75) is 45.4 Å². The van der Waals surface area contributed by atoms with Crippen LogP contribution in [0.15, 0.2) is 29.1 Å². The lowest BCUT2D eigenvalue weighted by atomic mass is 10.0. The fraction of sp³-hybridized carbons (Fsp3) is 0.429. The van der Waals surface area contributed by atoms with Crippen molar-refractivity contribution < 1.29 is 28.6 Å². The van der Waals surface area contributed by atoms with Crippen molar-refractivity contribution in [2.75, 3.05) is 13.7 Å². The maximum atomic E-state index is 13.0. The first kappa shape index (κ1) is 24.8. The monoisotopic (exact) mass is 450 g/mol. The number of benzene rings is 1. The number of nitrogens with zero attached hydrogens (tertiary/aromatic N) is 1. The molecule has 174 valence electrons. The van der Waals surface area contributed by atoms with Gasteiger partial charge in [0.25, 0.3) is 11.5 Å². The van der Waals surface area contributed by atoms with Gasteiger partial charge in [-0.05, 0) is 45.4 Å². The molecule has 1 unspecified atom stereocenters. The zero-order valence-corrected chi connectivity index (χ0v) is 18.5. The Morgan fingerprint density at radius 1 is 1.19 bits per heavy atom. The van der Waals surface area contributed by atoms with E-state index in [1.807, 2.05) is 0 Å². The number of nitrogens with one attached hydrogen (secondary N) is 3. The molecule has 1 atom stereocenters. The zero-order valence-electron chi connectivity index (χ0n) is 18.5. The van der Waals surface area contributed by atoms with Crippen LogP contribution in [0.3, 0.4) is 0 Å². The molecule has 4 N–H and O–H groups in total. The van der Waals surface area contributed by atoms with Gasteiger partial charge in [0.1, 0.15) is 22.8 Å². The Morgan fingerprint density at radius 2 is 1.81 bits per heavy atom. The third kappa shape index (κ3) is 6.51. The number of ether oxygens (including phenoxy) is 2. The van der Waals surface area contributed by atoms with Gasteiger partial charge in [0.15, 0.2) is 5.69 Å². The van der Waals surface area contributed by atoms with E-state index in [1.54, 1.807) is 20.8 Å². The van der Waals surface area contributed by atoms with E-state index in [1.165, 1.54) is 38.3 Å². The number of halogens is 1. The van der Waals surface area contributed by atoms with Crippen LogP contribution in [0.2, 0.25) is 0 Å². The summed E-state index contributed by atoms with van der Waals surface area (Å²) >= 11 is 0. The van der Waals surface area contributed by atoms with E-state index in [9.17, 15) is 23.9 Å². The van der Waals surface area contributed by atoms with E-state index in [-0.39, 0.29) is 19.0 Å². The molecule has 0 aliphatic carbocycles. The number of hydrogen-bond donors (Lipinski definition) is 4. The molecule has 0 aliphatic heterocycles. The molecule has 32 heavy (non-hydrogen) atoms. The van der Waals surface area contributed by atoms with Crippen LogP contribution in [-0.2, 0) is 21.6 Å². The molecular weight excluding hydrogens is 423 g/mol. The number of rotatable bonds is 7. The van der Waals surface area contributed by atoms with Crippen molar-refractivity contribution in [2.24, 2.45) is 0 Å². The number of carbonyl (C=O) groups excluding carboxylic acids is 2. The molecule has 0 saturated heterocycles. The van der Waals surface area contributed by atoms with Crippen LogP contribution in [-0.4, -0.2) is 46.4 Å². The standard InChI is InChI=1S/C21H27FN4O6/c1-20(2,3)32-19(30)26-21(4,11-31-5)18-24-14(15(27)17(29)25-18)16(28)23-10-12-6-8-13(22)9-7-12/h6-9,27H,10-11H2,1-5H3,(H,23,28)(H,26,30)(H,24,25,29). The summed E-state index contributed by atoms with van der Waals surface area (Å²) in [7, 11) is 1.38. The van der Waals surface area contributed by atoms with Gasteiger partial charge in [-0.1, -0.05) is 12.1 Å². The summed E-state index contributed by atoms with van der Waals surface area (Å²) in [5, 5.41) is 15.2. The molecule has 10 nitrogen and oxygen atoms in total. The van der Waals surface area contributed by atoms with Gasteiger partial charge in [-0.15, -0.1) is 0 Å². The number of aromatic amines is 1. The van der Waals surface area contributed by atoms with Crippen LogP contribution in [0.5, 0.6) is 5.75 Å². The fourth-order valence-electron chi connectivity index (χ4n) is 2.74. The summed E-state index contributed by atoms with van der Waals surface area (Å²) in [6.45, 7) is 6.44. The SMILES string of the molecule is COCC(C)(NC(=O)OC(C)(C)C)c1nc(C(=O)NCc2ccc(F)cc2)c(O)c(=O)[nH]1. The van der Waals surface area contributed by atoms with Gasteiger partial charge in [0, 0.05) is 13.7 Å². The maximum Gasteiger partial charge on any atom is 0.408 e. The molecular formula is C21H27FN4O6. The fourth-order valence-corrected chi connectivity index (χ4v) is 2.74. The molecule has 1 aromatic heterocycles. The molecule has 0 fully saturated rings. The highest BCUT2D eigenvalue weighted by atomic mass is 19.1. The van der Waals surface area contributed by atoms with E-state index in [0.717, 1.165) is 0 Å². The van der Waals surface area contributed by atoms with E-state index >= 15 is 0 Å². The maximum absolute atomic E-state index is 13.0. The predicted octanol–water partition coefficient (Wildman–Crippen LogP) is 1.93. The average Bonchev–Trinajstić information content (AvgIpc) is 2.67. The number of aromatic nitrogens is 2. The van der Waals surface area contributed by atoms with Crippen molar-refractivity contribution in [3.8, 4) is 5.75 Å². The number of amides is 2. The van der Waals surface area contributed by atoms with E-state index in [4.69, 9.17) is 9.47 Å². The highest BCUT2D eigenvalue weighted by molar-refractivity contribution is 5.94. The number of aromatic hydroxyl groups is 1. The highest BCUT2D eigenvalue weighted by Gasteiger charge is 2.35. The third-order valence-corrected chi connectivity index (χ3v) is 4.21. The first-order chi connectivity index (χ1) is 14.8. The lowest BCUT2D eigenvalue weighted by Gasteiger charge is -2.30. The van der Waals surface area contributed by atoms with E-state index in [0.29, 0.717) is 5.56 Å². The van der Waals surface area contributed by atoms with Gasteiger partial charge in [-0.3, -0.25) is 9.59 Å². The van der Waals surface area contributed by atoms with Crippen LogP contribution in [0.4, 0.5) is 9.18 Å². The molecule has 0 radical (unpaired) electrons. The Hall–Kier alpha value is -3.47. The first-order valence-corrected chi connectivity index (χ1v) is 9.71. The zero-order chi connectivity index (χ0) is 24.1. The van der Waals surface area contributed by atoms with Gasteiger partial charge in [0.2, 0.25) is 5.75 Å². The number of H-pyrrole nitrogens is 1. The average molecular weight is 450 g/mol. The van der Waals surface area contributed by atoms with Crippen LogP contribution < -0.4 is 16.2 Å². The quantitative estimate of drug-likeness (QED) is 0.505. The number of carbonyl (C=O) groups is 2. The lowest BCUT2D eigenvalue weighted by molar-refractivity contribution is 0.0363. The van der Waals surface area contributed by atoms with Crippen molar-refractivity contribution >= 4 is 12.0 Å². The second-order valence-electron chi connectivity index (χ2n) is 8.31.